The largest absolute Gasteiger partial charge is 0.466 e. The van der Waals surface area contributed by atoms with Gasteiger partial charge in [-0.15, -0.1) is 5.10 Å². The van der Waals surface area contributed by atoms with Crippen LogP contribution in [0.15, 0.2) is 15.1 Å². The van der Waals surface area contributed by atoms with Crippen molar-refractivity contribution in [2.24, 2.45) is 7.05 Å². The fourth-order valence-electron chi connectivity index (χ4n) is 1.70. The van der Waals surface area contributed by atoms with Crippen LogP contribution in [0.1, 0.15) is 28.9 Å². The molecule has 2 rings (SSSR count). The fraction of sp³-hybridized carbons (Fsp3) is 0.400. The number of rotatable bonds is 2. The molecule has 0 aliphatic rings. The molecule has 5 nitrogen and oxygen atoms in total. The van der Waals surface area contributed by atoms with Crippen molar-refractivity contribution in [2.45, 2.75) is 20.0 Å². The number of aromatic nitrogens is 3. The second-order valence-electron chi connectivity index (χ2n) is 3.66. The summed E-state index contributed by atoms with van der Waals surface area (Å²) in [6.07, 6.45) is -0.785. The van der Waals surface area contributed by atoms with Crippen molar-refractivity contribution in [3.8, 4) is 0 Å². The smallest absolute Gasteiger partial charge is 0.154 e. The second-order valence-corrected chi connectivity index (χ2v) is 4.41. The molecule has 1 N–H and O–H groups in total. The average molecular weight is 286 g/mol. The molecule has 86 valence electrons. The predicted octanol–water partition coefficient (Wildman–Crippen LogP) is 1.87. The van der Waals surface area contributed by atoms with E-state index in [2.05, 4.69) is 26.2 Å². The van der Waals surface area contributed by atoms with Crippen molar-refractivity contribution in [3.05, 3.63) is 33.4 Å². The first-order chi connectivity index (χ1) is 7.50. The second kappa shape index (κ2) is 4.03. The van der Waals surface area contributed by atoms with E-state index in [4.69, 9.17) is 4.42 Å². The third-order valence-electron chi connectivity index (χ3n) is 2.46. The topological polar surface area (TPSA) is 64.1 Å². The lowest BCUT2D eigenvalue weighted by Gasteiger charge is -2.09. The highest BCUT2D eigenvalue weighted by Gasteiger charge is 2.23. The van der Waals surface area contributed by atoms with Crippen LogP contribution in [0.2, 0.25) is 0 Å². The zero-order valence-electron chi connectivity index (χ0n) is 9.23. The number of aliphatic hydroxyl groups is 1. The molecule has 2 aromatic rings. The Kier molecular flexibility index (Phi) is 2.86. The molecule has 1 atom stereocenters. The van der Waals surface area contributed by atoms with Gasteiger partial charge >= 0.3 is 0 Å². The Bertz CT molecular complexity index is 499. The first kappa shape index (κ1) is 11.3. The molecule has 0 spiro atoms. The molecule has 0 bridgehead atoms. The maximum atomic E-state index is 10.2. The van der Waals surface area contributed by atoms with Crippen molar-refractivity contribution in [3.63, 3.8) is 0 Å². The zero-order valence-corrected chi connectivity index (χ0v) is 10.8. The summed E-state index contributed by atoms with van der Waals surface area (Å²) in [6.45, 7) is 3.67. The molecule has 0 radical (unpaired) electrons. The molecule has 0 fully saturated rings. The van der Waals surface area contributed by atoms with Crippen LogP contribution in [-0.2, 0) is 7.05 Å². The predicted molar refractivity (Wildman–Crippen MR) is 60.9 cm³/mol. The first-order valence-electron chi connectivity index (χ1n) is 4.80. The molecule has 6 heteroatoms. The van der Waals surface area contributed by atoms with Gasteiger partial charge in [0.2, 0.25) is 0 Å². The number of hydrogen-bond acceptors (Lipinski definition) is 4. The van der Waals surface area contributed by atoms with Crippen molar-refractivity contribution in [1.82, 2.24) is 15.0 Å². The Labute approximate surface area is 101 Å². The van der Waals surface area contributed by atoms with Gasteiger partial charge < -0.3 is 9.52 Å². The first-order valence-corrected chi connectivity index (χ1v) is 5.60. The summed E-state index contributed by atoms with van der Waals surface area (Å²) in [7, 11) is 1.73. The number of furan rings is 1. The number of aliphatic hydroxyl groups excluding tert-OH is 1. The normalized spacial score (nSPS) is 13.1. The van der Waals surface area contributed by atoms with Gasteiger partial charge in [-0.05, 0) is 35.8 Å². The van der Waals surface area contributed by atoms with E-state index in [1.165, 1.54) is 4.68 Å². The molecule has 2 heterocycles. The summed E-state index contributed by atoms with van der Waals surface area (Å²) in [4.78, 5) is 0. The summed E-state index contributed by atoms with van der Waals surface area (Å²) in [5, 5.41) is 17.9. The average Bonchev–Trinajstić information content (AvgIpc) is 2.70. The van der Waals surface area contributed by atoms with Crippen LogP contribution in [0.5, 0.6) is 0 Å². The van der Waals surface area contributed by atoms with E-state index in [0.29, 0.717) is 16.1 Å². The molecule has 0 aliphatic heterocycles. The van der Waals surface area contributed by atoms with Gasteiger partial charge in [-0.2, -0.15) is 0 Å². The molecule has 2 aromatic heterocycles. The van der Waals surface area contributed by atoms with Gasteiger partial charge in [0.05, 0.1) is 0 Å². The SMILES string of the molecule is Cc1cc(C(O)c2c(Br)nnn2C)c(C)o1. The van der Waals surface area contributed by atoms with Crippen LogP contribution in [0.3, 0.4) is 0 Å². The van der Waals surface area contributed by atoms with E-state index in [1.54, 1.807) is 7.05 Å². The molecule has 0 aromatic carbocycles. The molecule has 0 saturated carbocycles. The van der Waals surface area contributed by atoms with Crippen LogP contribution < -0.4 is 0 Å². The quantitative estimate of drug-likeness (QED) is 0.915. The van der Waals surface area contributed by atoms with Crippen molar-refractivity contribution in [1.29, 1.82) is 0 Å². The zero-order chi connectivity index (χ0) is 11.9. The van der Waals surface area contributed by atoms with E-state index < -0.39 is 6.10 Å². The van der Waals surface area contributed by atoms with Crippen LogP contribution in [-0.4, -0.2) is 20.1 Å². The monoisotopic (exact) mass is 285 g/mol. The minimum Gasteiger partial charge on any atom is -0.466 e. The third kappa shape index (κ3) is 1.78. The van der Waals surface area contributed by atoms with Gasteiger partial charge in [-0.3, -0.25) is 0 Å². The van der Waals surface area contributed by atoms with E-state index >= 15 is 0 Å². The van der Waals surface area contributed by atoms with Crippen LogP contribution in [0.4, 0.5) is 0 Å². The number of halogens is 1. The van der Waals surface area contributed by atoms with Crippen molar-refractivity contribution < 1.29 is 9.52 Å². The van der Waals surface area contributed by atoms with E-state index in [0.717, 1.165) is 11.3 Å². The van der Waals surface area contributed by atoms with Gasteiger partial charge in [0.1, 0.15) is 23.3 Å². The maximum Gasteiger partial charge on any atom is 0.154 e. The number of aryl methyl sites for hydroxylation is 3. The van der Waals surface area contributed by atoms with E-state index in [1.807, 2.05) is 19.9 Å². The van der Waals surface area contributed by atoms with Crippen LogP contribution in [0.25, 0.3) is 0 Å². The van der Waals surface area contributed by atoms with E-state index in [9.17, 15) is 5.11 Å². The summed E-state index contributed by atoms with van der Waals surface area (Å²) in [5.74, 6) is 1.48. The fourth-order valence-corrected chi connectivity index (χ4v) is 2.24. The third-order valence-corrected chi connectivity index (χ3v) is 3.02. The Morgan fingerprint density at radius 3 is 2.62 bits per heavy atom. The van der Waals surface area contributed by atoms with Gasteiger partial charge in [-0.25, -0.2) is 4.68 Å². The van der Waals surface area contributed by atoms with E-state index in [-0.39, 0.29) is 0 Å². The summed E-state index contributed by atoms with van der Waals surface area (Å²) < 4.78 is 7.47. The molecule has 0 saturated heterocycles. The minimum atomic E-state index is -0.785. The molecular formula is C10H12BrN3O2. The number of hydrogen-bond donors (Lipinski definition) is 1. The van der Waals surface area contributed by atoms with Gasteiger partial charge in [0, 0.05) is 12.6 Å². The summed E-state index contributed by atoms with van der Waals surface area (Å²) >= 11 is 3.26. The standard InChI is InChI=1S/C10H12BrN3O2/c1-5-4-7(6(2)16-5)9(15)8-10(11)12-13-14(8)3/h4,9,15H,1-3H3. The number of nitrogens with zero attached hydrogens (tertiary/aromatic N) is 3. The van der Waals surface area contributed by atoms with Crippen molar-refractivity contribution >= 4 is 15.9 Å². The van der Waals surface area contributed by atoms with Gasteiger partial charge in [-0.1, -0.05) is 5.21 Å². The van der Waals surface area contributed by atoms with Crippen LogP contribution >= 0.6 is 15.9 Å². The lowest BCUT2D eigenvalue weighted by Crippen LogP contribution is -2.07. The summed E-state index contributed by atoms with van der Waals surface area (Å²) in [5.41, 5.74) is 1.35. The molecule has 0 amide bonds. The minimum absolute atomic E-state index is 0.542. The van der Waals surface area contributed by atoms with Gasteiger partial charge in [0.25, 0.3) is 0 Å². The lowest BCUT2D eigenvalue weighted by atomic mass is 10.1. The van der Waals surface area contributed by atoms with Gasteiger partial charge in [0.15, 0.2) is 4.60 Å². The molecule has 0 aliphatic carbocycles. The molecular weight excluding hydrogens is 274 g/mol. The van der Waals surface area contributed by atoms with Crippen LogP contribution in [0, 0.1) is 13.8 Å². The van der Waals surface area contributed by atoms with Crippen molar-refractivity contribution in [2.75, 3.05) is 0 Å². The Morgan fingerprint density at radius 1 is 1.50 bits per heavy atom. The Morgan fingerprint density at radius 2 is 2.19 bits per heavy atom. The highest BCUT2D eigenvalue weighted by Crippen LogP contribution is 2.30. The Hall–Kier alpha value is -1.14. The Balaban J connectivity index is 2.46. The molecule has 16 heavy (non-hydrogen) atoms. The lowest BCUT2D eigenvalue weighted by molar-refractivity contribution is 0.206. The highest BCUT2D eigenvalue weighted by atomic mass is 79.9. The maximum absolute atomic E-state index is 10.2. The summed E-state index contributed by atoms with van der Waals surface area (Å²) in [6, 6.07) is 1.82. The highest BCUT2D eigenvalue weighted by molar-refractivity contribution is 9.10. The molecule has 1 unspecified atom stereocenters.